The number of hydrogen-bond acceptors (Lipinski definition) is 3. The highest BCUT2D eigenvalue weighted by atomic mass is 19.4. The number of benzene rings is 1. The molecule has 28 heavy (non-hydrogen) atoms. The molecule has 0 atom stereocenters. The van der Waals surface area contributed by atoms with Gasteiger partial charge in [-0.3, -0.25) is 4.90 Å². The highest BCUT2D eigenvalue weighted by Gasteiger charge is 2.31. The van der Waals surface area contributed by atoms with Crippen LogP contribution in [0.5, 0.6) is 0 Å². The van der Waals surface area contributed by atoms with Crippen molar-refractivity contribution in [2.45, 2.75) is 38.4 Å². The molecule has 0 bridgehead atoms. The molecule has 1 aromatic carbocycles. The molecule has 0 spiro atoms. The fourth-order valence-corrected chi connectivity index (χ4v) is 4.13. The van der Waals surface area contributed by atoms with Crippen molar-refractivity contribution in [3.63, 3.8) is 0 Å². The van der Waals surface area contributed by atoms with Crippen LogP contribution in [0.3, 0.4) is 0 Å². The van der Waals surface area contributed by atoms with Crippen LogP contribution < -0.4 is 0 Å². The molecule has 3 heterocycles. The van der Waals surface area contributed by atoms with E-state index in [1.165, 1.54) is 12.1 Å². The largest absolute Gasteiger partial charge is 0.416 e. The second-order valence-electron chi connectivity index (χ2n) is 7.55. The average Bonchev–Trinajstić information content (AvgIpc) is 2.98. The minimum Gasteiger partial charge on any atom is -0.329 e. The Morgan fingerprint density at radius 2 is 1.89 bits per heavy atom. The molecular weight excluding hydrogens is 365 g/mol. The third kappa shape index (κ3) is 3.63. The number of aryl methyl sites for hydroxylation is 2. The summed E-state index contributed by atoms with van der Waals surface area (Å²) in [5.41, 5.74) is 2.99. The first-order valence-corrected chi connectivity index (χ1v) is 9.49. The summed E-state index contributed by atoms with van der Waals surface area (Å²) in [5, 5.41) is 0. The lowest BCUT2D eigenvalue weighted by molar-refractivity contribution is -0.137. The second-order valence-corrected chi connectivity index (χ2v) is 7.55. The van der Waals surface area contributed by atoms with Crippen molar-refractivity contribution in [2.75, 3.05) is 13.1 Å². The summed E-state index contributed by atoms with van der Waals surface area (Å²) in [6.07, 6.45) is -0.660. The maximum atomic E-state index is 12.9. The maximum absolute atomic E-state index is 12.9. The van der Waals surface area contributed by atoms with Crippen LogP contribution in [0.25, 0.3) is 11.2 Å². The van der Waals surface area contributed by atoms with Crippen LogP contribution in [0.4, 0.5) is 13.2 Å². The number of piperidine rings is 1. The van der Waals surface area contributed by atoms with Gasteiger partial charge in [0, 0.05) is 13.2 Å². The zero-order valence-corrected chi connectivity index (χ0v) is 16.0. The highest BCUT2D eigenvalue weighted by molar-refractivity contribution is 5.71. The minimum absolute atomic E-state index is 0.306. The number of imidazole rings is 1. The van der Waals surface area contributed by atoms with Crippen LogP contribution in [0, 0.1) is 6.92 Å². The van der Waals surface area contributed by atoms with Gasteiger partial charge in [-0.25, -0.2) is 9.97 Å². The number of nitrogens with zero attached hydrogens (tertiary/aromatic N) is 4. The van der Waals surface area contributed by atoms with Gasteiger partial charge >= 0.3 is 6.18 Å². The van der Waals surface area contributed by atoms with Gasteiger partial charge in [0.1, 0.15) is 5.82 Å². The summed E-state index contributed by atoms with van der Waals surface area (Å²) in [5.74, 6) is 1.29. The maximum Gasteiger partial charge on any atom is 0.416 e. The third-order valence-electron chi connectivity index (χ3n) is 5.74. The van der Waals surface area contributed by atoms with Gasteiger partial charge < -0.3 is 4.57 Å². The predicted octanol–water partition coefficient (Wildman–Crippen LogP) is 4.68. The highest BCUT2D eigenvalue weighted by Crippen LogP contribution is 2.35. The molecule has 1 fully saturated rings. The molecule has 2 aromatic heterocycles. The van der Waals surface area contributed by atoms with Crippen molar-refractivity contribution in [3.8, 4) is 0 Å². The summed E-state index contributed by atoms with van der Waals surface area (Å²) in [6.45, 7) is 4.35. The lowest BCUT2D eigenvalue weighted by Gasteiger charge is -2.32. The molecule has 7 heteroatoms. The molecule has 4 nitrogen and oxygen atoms in total. The Kier molecular flexibility index (Phi) is 4.87. The summed E-state index contributed by atoms with van der Waals surface area (Å²) >= 11 is 0. The van der Waals surface area contributed by atoms with Crippen molar-refractivity contribution in [1.82, 2.24) is 19.4 Å². The van der Waals surface area contributed by atoms with Crippen molar-refractivity contribution < 1.29 is 13.2 Å². The van der Waals surface area contributed by atoms with E-state index in [0.717, 1.165) is 60.6 Å². The van der Waals surface area contributed by atoms with Gasteiger partial charge in [-0.2, -0.15) is 13.2 Å². The summed E-state index contributed by atoms with van der Waals surface area (Å²) in [7, 11) is 2.00. The number of aromatic nitrogens is 3. The number of likely N-dealkylation sites (tertiary alicyclic amines) is 1. The Morgan fingerprint density at radius 3 is 2.54 bits per heavy atom. The van der Waals surface area contributed by atoms with Gasteiger partial charge in [-0.05, 0) is 74.2 Å². The van der Waals surface area contributed by atoms with E-state index in [2.05, 4.69) is 19.4 Å². The van der Waals surface area contributed by atoms with Crippen LogP contribution in [0.1, 0.15) is 41.3 Å². The molecule has 0 aliphatic carbocycles. The van der Waals surface area contributed by atoms with Crippen molar-refractivity contribution >= 4 is 11.2 Å². The fraction of sp³-hybridized carbons (Fsp3) is 0.429. The van der Waals surface area contributed by atoms with Gasteiger partial charge in [-0.15, -0.1) is 0 Å². The zero-order valence-electron chi connectivity index (χ0n) is 16.0. The minimum atomic E-state index is -4.28. The number of rotatable bonds is 3. The van der Waals surface area contributed by atoms with E-state index >= 15 is 0 Å². The van der Waals surface area contributed by atoms with Gasteiger partial charge in [0.15, 0.2) is 5.65 Å². The van der Waals surface area contributed by atoms with Crippen LogP contribution in [0.2, 0.25) is 0 Å². The lowest BCUT2D eigenvalue weighted by Crippen LogP contribution is -2.33. The SMILES string of the molecule is Cc1cc(C(F)(F)F)ccc1C1CCN(Cc2nc3ncccc3n2C)CC1. The molecule has 3 aromatic rings. The molecule has 0 saturated carbocycles. The first-order chi connectivity index (χ1) is 13.3. The number of fused-ring (bicyclic) bond motifs is 1. The molecule has 148 valence electrons. The lowest BCUT2D eigenvalue weighted by atomic mass is 9.86. The Bertz CT molecular complexity index is 985. The number of pyridine rings is 1. The molecule has 0 radical (unpaired) electrons. The smallest absolute Gasteiger partial charge is 0.329 e. The van der Waals surface area contributed by atoms with Crippen molar-refractivity contribution in [2.24, 2.45) is 7.05 Å². The van der Waals surface area contributed by atoms with Crippen molar-refractivity contribution in [3.05, 3.63) is 59.0 Å². The van der Waals surface area contributed by atoms with E-state index in [1.807, 2.05) is 19.2 Å². The average molecular weight is 388 g/mol. The normalized spacial score (nSPS) is 16.8. The van der Waals surface area contributed by atoms with Crippen LogP contribution in [-0.4, -0.2) is 32.5 Å². The molecule has 0 N–H and O–H groups in total. The standard InChI is InChI=1S/C21H23F3N4/c1-14-12-16(21(22,23)24)5-6-17(14)15-7-10-28(11-8-15)13-19-26-20-18(27(19)2)4-3-9-25-20/h3-6,9,12,15H,7-8,10-11,13H2,1-2H3. The third-order valence-corrected chi connectivity index (χ3v) is 5.74. The van der Waals surface area contributed by atoms with E-state index in [0.29, 0.717) is 5.92 Å². The molecule has 1 aliphatic rings. The number of halogens is 3. The molecule has 1 saturated heterocycles. The van der Waals surface area contributed by atoms with E-state index in [9.17, 15) is 13.2 Å². The summed E-state index contributed by atoms with van der Waals surface area (Å²) < 4.78 is 40.7. The van der Waals surface area contributed by atoms with Crippen molar-refractivity contribution in [1.29, 1.82) is 0 Å². The Morgan fingerprint density at radius 1 is 1.14 bits per heavy atom. The molecular formula is C21H23F3N4. The summed E-state index contributed by atoms with van der Waals surface area (Å²) in [6, 6.07) is 8.06. The van der Waals surface area contributed by atoms with Gasteiger partial charge in [0.25, 0.3) is 0 Å². The van der Waals surface area contributed by atoms with E-state index < -0.39 is 11.7 Å². The monoisotopic (exact) mass is 388 g/mol. The van der Waals surface area contributed by atoms with Crippen LogP contribution in [-0.2, 0) is 19.8 Å². The van der Waals surface area contributed by atoms with Gasteiger partial charge in [0.2, 0.25) is 0 Å². The molecule has 0 unspecified atom stereocenters. The predicted molar refractivity (Wildman–Crippen MR) is 102 cm³/mol. The zero-order chi connectivity index (χ0) is 19.9. The van der Waals surface area contributed by atoms with Gasteiger partial charge in [0.05, 0.1) is 17.6 Å². The van der Waals surface area contributed by atoms with E-state index in [1.54, 1.807) is 19.2 Å². The number of hydrogen-bond donors (Lipinski definition) is 0. The molecule has 0 amide bonds. The number of alkyl halides is 3. The van der Waals surface area contributed by atoms with E-state index in [4.69, 9.17) is 0 Å². The second kappa shape index (κ2) is 7.20. The summed E-state index contributed by atoms with van der Waals surface area (Å²) in [4.78, 5) is 11.3. The topological polar surface area (TPSA) is 34.0 Å². The quantitative estimate of drug-likeness (QED) is 0.654. The fourth-order valence-electron chi connectivity index (χ4n) is 4.13. The van der Waals surface area contributed by atoms with Crippen LogP contribution >= 0.6 is 0 Å². The molecule has 1 aliphatic heterocycles. The Labute approximate surface area is 162 Å². The van der Waals surface area contributed by atoms with E-state index in [-0.39, 0.29) is 0 Å². The molecule has 4 rings (SSSR count). The first-order valence-electron chi connectivity index (χ1n) is 9.49. The Hall–Kier alpha value is -2.41. The van der Waals surface area contributed by atoms with Gasteiger partial charge in [-0.1, -0.05) is 6.07 Å². The van der Waals surface area contributed by atoms with Crippen LogP contribution in [0.15, 0.2) is 36.5 Å². The first kappa shape index (κ1) is 18.9. The Balaban J connectivity index is 1.42.